The first-order chi connectivity index (χ1) is 11.7. The number of hydrogen-bond donors (Lipinski definition) is 3. The Morgan fingerprint density at radius 1 is 1.40 bits per heavy atom. The Labute approximate surface area is 158 Å². The number of carbonyl (C=O) groups is 1. The van der Waals surface area contributed by atoms with Crippen LogP contribution in [0.4, 0.5) is 0 Å². The molecule has 0 spiro atoms. The number of rotatable bonds is 4. The minimum atomic E-state index is -0.640. The van der Waals surface area contributed by atoms with Gasteiger partial charge < -0.3 is 15.7 Å². The summed E-state index contributed by atoms with van der Waals surface area (Å²) >= 11 is 1.60. The van der Waals surface area contributed by atoms with Crippen molar-refractivity contribution in [2.45, 2.75) is 31.8 Å². The van der Waals surface area contributed by atoms with Crippen molar-refractivity contribution in [1.29, 1.82) is 0 Å². The number of amides is 1. The summed E-state index contributed by atoms with van der Waals surface area (Å²) in [5.74, 6) is 0.574. The van der Waals surface area contributed by atoms with E-state index in [9.17, 15) is 9.90 Å². The standard InChI is InChI=1S/C19H24N2O2S.ClH/c22-15(17-9-13-5-1-2-7-16(13)24-17)11-21-18(23)19-8-4-3-6-14(19)10-20-12-19;/h1-2,5,7,9,14-15,20,22H,3-4,6,8,10-12H2,(H,21,23);1H/t14-,15?,19+;/m0./s1. The van der Waals surface area contributed by atoms with Gasteiger partial charge in [-0.1, -0.05) is 31.0 Å². The van der Waals surface area contributed by atoms with Gasteiger partial charge in [0, 0.05) is 22.7 Å². The Morgan fingerprint density at radius 2 is 2.24 bits per heavy atom. The van der Waals surface area contributed by atoms with Crippen molar-refractivity contribution >= 4 is 39.7 Å². The molecule has 1 unspecified atom stereocenters. The molecule has 3 N–H and O–H groups in total. The molecule has 4 rings (SSSR count). The molecular weight excluding hydrogens is 356 g/mol. The van der Waals surface area contributed by atoms with Crippen LogP contribution in [0.3, 0.4) is 0 Å². The molecule has 4 nitrogen and oxygen atoms in total. The second-order valence-electron chi connectivity index (χ2n) is 7.14. The zero-order valence-corrected chi connectivity index (χ0v) is 15.8. The Hall–Kier alpha value is -1.14. The van der Waals surface area contributed by atoms with Crippen LogP contribution in [-0.4, -0.2) is 30.6 Å². The molecule has 25 heavy (non-hydrogen) atoms. The van der Waals surface area contributed by atoms with E-state index in [1.165, 1.54) is 11.1 Å². The predicted octanol–water partition coefficient (Wildman–Crippen LogP) is 3.25. The largest absolute Gasteiger partial charge is 0.386 e. The van der Waals surface area contributed by atoms with Crippen LogP contribution in [0, 0.1) is 11.3 Å². The topological polar surface area (TPSA) is 61.4 Å². The molecule has 6 heteroatoms. The van der Waals surface area contributed by atoms with Gasteiger partial charge in [0.25, 0.3) is 0 Å². The van der Waals surface area contributed by atoms with Gasteiger partial charge in [-0.15, -0.1) is 23.7 Å². The molecule has 1 aliphatic heterocycles. The maximum atomic E-state index is 12.9. The zero-order chi connectivity index (χ0) is 16.6. The molecule has 0 radical (unpaired) electrons. The molecule has 1 aromatic heterocycles. The molecular formula is C19H25ClN2O2S. The van der Waals surface area contributed by atoms with Crippen molar-refractivity contribution in [3.63, 3.8) is 0 Å². The van der Waals surface area contributed by atoms with Crippen molar-refractivity contribution in [2.75, 3.05) is 19.6 Å². The van der Waals surface area contributed by atoms with Gasteiger partial charge in [-0.25, -0.2) is 0 Å². The second-order valence-corrected chi connectivity index (χ2v) is 8.26. The van der Waals surface area contributed by atoms with E-state index in [0.717, 1.165) is 42.6 Å². The highest BCUT2D eigenvalue weighted by Crippen LogP contribution is 2.44. The third kappa shape index (κ3) is 3.43. The van der Waals surface area contributed by atoms with E-state index in [1.54, 1.807) is 11.3 Å². The summed E-state index contributed by atoms with van der Waals surface area (Å²) in [4.78, 5) is 13.8. The summed E-state index contributed by atoms with van der Waals surface area (Å²) in [6.07, 6.45) is 3.82. The number of fused-ring (bicyclic) bond motifs is 2. The van der Waals surface area contributed by atoms with E-state index >= 15 is 0 Å². The molecule has 2 heterocycles. The van der Waals surface area contributed by atoms with E-state index in [2.05, 4.69) is 22.8 Å². The molecule has 0 bridgehead atoms. The number of thiophene rings is 1. The number of halogens is 1. The van der Waals surface area contributed by atoms with E-state index in [-0.39, 0.29) is 23.7 Å². The first-order valence-corrected chi connectivity index (χ1v) is 9.66. The Kier molecular flexibility index (Phi) is 5.68. The van der Waals surface area contributed by atoms with Crippen molar-refractivity contribution in [2.24, 2.45) is 11.3 Å². The van der Waals surface area contributed by atoms with E-state index in [0.29, 0.717) is 12.5 Å². The monoisotopic (exact) mass is 380 g/mol. The molecule has 1 aromatic carbocycles. The Balaban J connectivity index is 0.00000182. The molecule has 1 saturated carbocycles. The summed E-state index contributed by atoms with van der Waals surface area (Å²) in [5, 5.41) is 18.1. The quantitative estimate of drug-likeness (QED) is 0.763. The number of aliphatic hydroxyl groups is 1. The van der Waals surface area contributed by atoms with Crippen LogP contribution in [0.25, 0.3) is 10.1 Å². The van der Waals surface area contributed by atoms with Crippen LogP contribution >= 0.6 is 23.7 Å². The van der Waals surface area contributed by atoms with Crippen LogP contribution in [0.5, 0.6) is 0 Å². The fourth-order valence-electron chi connectivity index (χ4n) is 4.32. The number of carbonyl (C=O) groups excluding carboxylic acids is 1. The van der Waals surface area contributed by atoms with Crippen molar-refractivity contribution < 1.29 is 9.90 Å². The summed E-state index contributed by atoms with van der Waals surface area (Å²) < 4.78 is 1.17. The van der Waals surface area contributed by atoms with Gasteiger partial charge in [0.2, 0.25) is 5.91 Å². The summed E-state index contributed by atoms with van der Waals surface area (Å²) in [7, 11) is 0. The van der Waals surface area contributed by atoms with Crippen LogP contribution < -0.4 is 10.6 Å². The SMILES string of the molecule is Cl.O=C(NCC(O)c1cc2ccccc2s1)[C@@]12CCCC[C@H]1CNC2. The number of benzene rings is 1. The Bertz CT molecular complexity index is 717. The summed E-state index contributed by atoms with van der Waals surface area (Å²) in [5.41, 5.74) is -0.252. The van der Waals surface area contributed by atoms with Gasteiger partial charge in [-0.2, -0.15) is 0 Å². The molecule has 136 valence electrons. The third-order valence-electron chi connectivity index (χ3n) is 5.72. The van der Waals surface area contributed by atoms with Gasteiger partial charge in [-0.05, 0) is 42.8 Å². The van der Waals surface area contributed by atoms with Gasteiger partial charge in [0.05, 0.1) is 5.41 Å². The normalized spacial score (nSPS) is 26.7. The first-order valence-electron chi connectivity index (χ1n) is 8.85. The minimum absolute atomic E-state index is 0. The van der Waals surface area contributed by atoms with E-state index < -0.39 is 6.10 Å². The van der Waals surface area contributed by atoms with E-state index in [1.807, 2.05) is 18.2 Å². The third-order valence-corrected chi connectivity index (χ3v) is 6.94. The zero-order valence-electron chi connectivity index (χ0n) is 14.2. The number of aliphatic hydroxyl groups excluding tert-OH is 1. The van der Waals surface area contributed by atoms with Gasteiger partial charge in [0.15, 0.2) is 0 Å². The maximum Gasteiger partial charge on any atom is 0.227 e. The van der Waals surface area contributed by atoms with Crippen molar-refractivity contribution in [1.82, 2.24) is 10.6 Å². The van der Waals surface area contributed by atoms with Crippen LogP contribution in [-0.2, 0) is 4.79 Å². The lowest BCUT2D eigenvalue weighted by molar-refractivity contribution is -0.134. The lowest BCUT2D eigenvalue weighted by atomic mass is 9.67. The molecule has 2 aromatic rings. The van der Waals surface area contributed by atoms with Gasteiger partial charge in [0.1, 0.15) is 6.10 Å². The maximum absolute atomic E-state index is 12.9. The second kappa shape index (κ2) is 7.62. The molecule has 1 amide bonds. The molecule has 1 aliphatic carbocycles. The molecule has 2 aliphatic rings. The van der Waals surface area contributed by atoms with Crippen molar-refractivity contribution in [3.8, 4) is 0 Å². The molecule has 3 atom stereocenters. The number of nitrogens with one attached hydrogen (secondary N) is 2. The number of hydrogen-bond acceptors (Lipinski definition) is 4. The Morgan fingerprint density at radius 3 is 3.08 bits per heavy atom. The molecule has 1 saturated heterocycles. The highest BCUT2D eigenvalue weighted by atomic mass is 35.5. The average Bonchev–Trinajstić information content (AvgIpc) is 3.23. The molecule has 2 fully saturated rings. The minimum Gasteiger partial charge on any atom is -0.386 e. The van der Waals surface area contributed by atoms with Crippen LogP contribution in [0.2, 0.25) is 0 Å². The predicted molar refractivity (Wildman–Crippen MR) is 104 cm³/mol. The smallest absolute Gasteiger partial charge is 0.227 e. The highest BCUT2D eigenvalue weighted by Gasteiger charge is 2.49. The highest BCUT2D eigenvalue weighted by molar-refractivity contribution is 7.19. The van der Waals surface area contributed by atoms with Crippen LogP contribution in [0.15, 0.2) is 30.3 Å². The van der Waals surface area contributed by atoms with Gasteiger partial charge in [-0.3, -0.25) is 4.79 Å². The summed E-state index contributed by atoms with van der Waals surface area (Å²) in [6, 6.07) is 10.1. The lowest BCUT2D eigenvalue weighted by Crippen LogP contribution is -2.48. The van der Waals surface area contributed by atoms with Gasteiger partial charge >= 0.3 is 0 Å². The van der Waals surface area contributed by atoms with Crippen molar-refractivity contribution in [3.05, 3.63) is 35.2 Å². The van der Waals surface area contributed by atoms with E-state index in [4.69, 9.17) is 0 Å². The average molecular weight is 381 g/mol. The fraction of sp³-hybridized carbons (Fsp3) is 0.526. The lowest BCUT2D eigenvalue weighted by Gasteiger charge is -2.37. The fourth-order valence-corrected chi connectivity index (χ4v) is 5.37. The van der Waals surface area contributed by atoms with Crippen LogP contribution in [0.1, 0.15) is 36.7 Å². The summed E-state index contributed by atoms with van der Waals surface area (Å²) in [6.45, 7) is 2.02. The first kappa shape index (κ1) is 18.6.